The molecule has 122 valence electrons. The van der Waals surface area contributed by atoms with Crippen molar-refractivity contribution in [2.24, 2.45) is 4.99 Å². The van der Waals surface area contributed by atoms with E-state index in [4.69, 9.17) is 0 Å². The van der Waals surface area contributed by atoms with Crippen LogP contribution < -0.4 is 4.80 Å². The summed E-state index contributed by atoms with van der Waals surface area (Å²) in [5.74, 6) is 0.672. The first-order valence-corrected chi connectivity index (χ1v) is 8.77. The number of urea groups is 1. The fraction of sp³-hybridized carbons (Fsp3) is 0.294. The molecular formula is C17H17N5OS. The van der Waals surface area contributed by atoms with Crippen molar-refractivity contribution in [3.05, 3.63) is 46.3 Å². The molecule has 2 amide bonds. The number of carbonyl (C=O) groups excluding carboxylic acids is 1. The lowest BCUT2D eigenvalue weighted by atomic mass is 10.3. The number of aromatic nitrogens is 3. The second-order valence-electron chi connectivity index (χ2n) is 5.80. The van der Waals surface area contributed by atoms with E-state index < -0.39 is 0 Å². The molecule has 0 radical (unpaired) electrons. The molecule has 0 unspecified atom stereocenters. The largest absolute Gasteiger partial charge is 0.346 e. The Labute approximate surface area is 143 Å². The van der Waals surface area contributed by atoms with Crippen molar-refractivity contribution < 1.29 is 4.79 Å². The Hall–Kier alpha value is -2.54. The van der Waals surface area contributed by atoms with Crippen molar-refractivity contribution in [3.8, 4) is 5.82 Å². The molecule has 0 saturated carbocycles. The molecule has 1 saturated heterocycles. The molecule has 1 fully saturated rings. The van der Waals surface area contributed by atoms with Crippen LogP contribution in [0.1, 0.15) is 17.7 Å². The molecule has 3 aromatic rings. The molecule has 1 aliphatic rings. The van der Waals surface area contributed by atoms with E-state index in [1.807, 2.05) is 42.0 Å². The highest BCUT2D eigenvalue weighted by Gasteiger charge is 2.17. The predicted octanol–water partition coefficient (Wildman–Crippen LogP) is 2.91. The number of nitrogens with zero attached hydrogens (tertiary/aromatic N) is 5. The molecule has 1 aromatic carbocycles. The van der Waals surface area contributed by atoms with Crippen LogP contribution in [0, 0.1) is 6.92 Å². The number of likely N-dealkylation sites (tertiary alicyclic amines) is 1. The minimum atomic E-state index is -0.170. The summed E-state index contributed by atoms with van der Waals surface area (Å²) >= 11 is 1.48. The van der Waals surface area contributed by atoms with E-state index in [1.54, 1.807) is 11.1 Å². The fourth-order valence-electron chi connectivity index (χ4n) is 2.82. The van der Waals surface area contributed by atoms with Crippen molar-refractivity contribution in [3.63, 3.8) is 0 Å². The summed E-state index contributed by atoms with van der Waals surface area (Å²) in [7, 11) is 0. The average Bonchev–Trinajstić information content (AvgIpc) is 3.24. The summed E-state index contributed by atoms with van der Waals surface area (Å²) < 4.78 is 1.84. The number of thiazole rings is 1. The fourth-order valence-corrected chi connectivity index (χ4v) is 3.64. The monoisotopic (exact) mass is 339 g/mol. The van der Waals surface area contributed by atoms with Gasteiger partial charge in [-0.15, -0.1) is 11.3 Å². The molecule has 0 N–H and O–H groups in total. The van der Waals surface area contributed by atoms with Gasteiger partial charge in [0.05, 0.1) is 17.2 Å². The van der Waals surface area contributed by atoms with E-state index in [0.717, 1.165) is 41.8 Å². The second kappa shape index (κ2) is 6.16. The van der Waals surface area contributed by atoms with Gasteiger partial charge in [0.2, 0.25) is 4.80 Å². The number of aryl methyl sites for hydroxylation is 1. The third-order valence-corrected chi connectivity index (χ3v) is 4.92. The van der Waals surface area contributed by atoms with Gasteiger partial charge in [0.1, 0.15) is 0 Å². The van der Waals surface area contributed by atoms with Crippen molar-refractivity contribution in [2.75, 3.05) is 13.1 Å². The van der Waals surface area contributed by atoms with Crippen LogP contribution in [0.3, 0.4) is 0 Å². The van der Waals surface area contributed by atoms with Crippen LogP contribution in [0.15, 0.2) is 41.7 Å². The van der Waals surface area contributed by atoms with Gasteiger partial charge in [0.15, 0.2) is 5.82 Å². The Balaban J connectivity index is 1.78. The number of rotatable bonds is 1. The van der Waals surface area contributed by atoms with Gasteiger partial charge in [-0.2, -0.15) is 4.99 Å². The van der Waals surface area contributed by atoms with Crippen LogP contribution in [0.5, 0.6) is 0 Å². The van der Waals surface area contributed by atoms with Crippen LogP contribution >= 0.6 is 11.3 Å². The minimum absolute atomic E-state index is 0.170. The first kappa shape index (κ1) is 15.0. The Morgan fingerprint density at radius 1 is 1.21 bits per heavy atom. The number of para-hydroxylation sites is 2. The van der Waals surface area contributed by atoms with Gasteiger partial charge in [-0.1, -0.05) is 12.1 Å². The summed E-state index contributed by atoms with van der Waals surface area (Å²) in [6, 6.07) is 7.56. The zero-order chi connectivity index (χ0) is 16.5. The van der Waals surface area contributed by atoms with E-state index in [0.29, 0.717) is 10.6 Å². The molecule has 0 aliphatic carbocycles. The maximum atomic E-state index is 12.3. The van der Waals surface area contributed by atoms with Crippen LogP contribution in [-0.4, -0.2) is 38.6 Å². The normalized spacial score (nSPS) is 15.4. The molecule has 0 atom stereocenters. The maximum absolute atomic E-state index is 12.3. The van der Waals surface area contributed by atoms with Crippen molar-refractivity contribution >= 4 is 28.4 Å². The summed E-state index contributed by atoms with van der Waals surface area (Å²) in [5, 5.41) is 0. The van der Waals surface area contributed by atoms with Gasteiger partial charge in [-0.05, 0) is 31.9 Å². The number of hydrogen-bond acceptors (Lipinski definition) is 4. The summed E-state index contributed by atoms with van der Waals surface area (Å²) in [6.45, 7) is 3.58. The first-order chi connectivity index (χ1) is 11.7. The van der Waals surface area contributed by atoms with E-state index in [9.17, 15) is 4.79 Å². The predicted molar refractivity (Wildman–Crippen MR) is 93.2 cm³/mol. The lowest BCUT2D eigenvalue weighted by Gasteiger charge is -2.10. The van der Waals surface area contributed by atoms with Gasteiger partial charge < -0.3 is 4.90 Å². The molecule has 24 heavy (non-hydrogen) atoms. The van der Waals surface area contributed by atoms with Gasteiger partial charge in [-0.25, -0.2) is 9.78 Å². The number of amides is 2. The van der Waals surface area contributed by atoms with Gasteiger partial charge in [0, 0.05) is 24.2 Å². The lowest BCUT2D eigenvalue weighted by molar-refractivity contribution is 0.218. The Morgan fingerprint density at radius 2 is 1.96 bits per heavy atom. The number of fused-ring (bicyclic) bond motifs is 1. The smallest absolute Gasteiger partial charge is 0.323 e. The highest BCUT2D eigenvalue weighted by Crippen LogP contribution is 2.13. The first-order valence-electron chi connectivity index (χ1n) is 7.95. The summed E-state index contributed by atoms with van der Waals surface area (Å²) in [5.41, 5.74) is 1.67. The minimum Gasteiger partial charge on any atom is -0.323 e. The Bertz CT molecular complexity index is 968. The van der Waals surface area contributed by atoms with E-state index in [-0.39, 0.29) is 6.03 Å². The molecule has 3 heterocycles. The van der Waals surface area contributed by atoms with E-state index in [2.05, 4.69) is 15.0 Å². The van der Waals surface area contributed by atoms with Crippen LogP contribution in [-0.2, 0) is 0 Å². The summed E-state index contributed by atoms with van der Waals surface area (Å²) in [6.07, 6.45) is 5.77. The van der Waals surface area contributed by atoms with Gasteiger partial charge >= 0.3 is 6.03 Å². The Morgan fingerprint density at radius 3 is 2.75 bits per heavy atom. The number of hydrogen-bond donors (Lipinski definition) is 0. The van der Waals surface area contributed by atoms with Crippen molar-refractivity contribution in [1.82, 2.24) is 19.4 Å². The lowest BCUT2D eigenvalue weighted by Crippen LogP contribution is -2.27. The topological polar surface area (TPSA) is 63.4 Å². The SMILES string of the molecule is Cc1cn(-c2cnc3ccccc3n2)c(=NC(=O)N2CCCC2)s1. The van der Waals surface area contributed by atoms with Gasteiger partial charge in [0.25, 0.3) is 0 Å². The summed E-state index contributed by atoms with van der Waals surface area (Å²) in [4.78, 5) is 29.2. The molecule has 7 heteroatoms. The van der Waals surface area contributed by atoms with Crippen LogP contribution in [0.25, 0.3) is 16.9 Å². The zero-order valence-corrected chi connectivity index (χ0v) is 14.2. The molecule has 2 aromatic heterocycles. The molecule has 4 rings (SSSR count). The van der Waals surface area contributed by atoms with Crippen molar-refractivity contribution in [1.29, 1.82) is 0 Å². The quantitative estimate of drug-likeness (QED) is 0.685. The molecular weight excluding hydrogens is 322 g/mol. The highest BCUT2D eigenvalue weighted by molar-refractivity contribution is 7.09. The molecule has 0 bridgehead atoms. The number of benzene rings is 1. The molecule has 6 nitrogen and oxygen atoms in total. The maximum Gasteiger partial charge on any atom is 0.346 e. The third kappa shape index (κ3) is 2.82. The van der Waals surface area contributed by atoms with Gasteiger partial charge in [-0.3, -0.25) is 9.55 Å². The highest BCUT2D eigenvalue weighted by atomic mass is 32.1. The van der Waals surface area contributed by atoms with E-state index >= 15 is 0 Å². The standard InChI is InChI=1S/C17H17N5OS/c1-12-11-22(15-10-18-13-6-2-3-7-14(13)19-15)17(24-12)20-16(23)21-8-4-5-9-21/h2-3,6-7,10-11H,4-5,8-9H2,1H3. The average molecular weight is 339 g/mol. The number of carbonyl (C=O) groups is 1. The second-order valence-corrected chi connectivity index (χ2v) is 7.01. The molecule has 0 spiro atoms. The molecule has 1 aliphatic heterocycles. The van der Waals surface area contributed by atoms with Crippen LogP contribution in [0.2, 0.25) is 0 Å². The third-order valence-electron chi connectivity index (χ3n) is 4.02. The van der Waals surface area contributed by atoms with Crippen LogP contribution in [0.4, 0.5) is 4.79 Å². The van der Waals surface area contributed by atoms with E-state index in [1.165, 1.54) is 11.3 Å². The van der Waals surface area contributed by atoms with Crippen molar-refractivity contribution in [2.45, 2.75) is 19.8 Å². The Kier molecular flexibility index (Phi) is 3.86. The zero-order valence-electron chi connectivity index (χ0n) is 13.3.